The smallest absolute Gasteiger partial charge is 0.239 e. The Hall–Kier alpha value is -0.870. The highest BCUT2D eigenvalue weighted by atomic mass is 32.1. The maximum Gasteiger partial charge on any atom is 0.239 e. The van der Waals surface area contributed by atoms with Crippen molar-refractivity contribution in [3.63, 3.8) is 0 Å². The zero-order valence-corrected chi connectivity index (χ0v) is 13.1. The monoisotopic (exact) mass is 280 g/mol. The third-order valence-corrected chi connectivity index (χ3v) is 4.82. The van der Waals surface area contributed by atoms with Crippen molar-refractivity contribution in [2.45, 2.75) is 52.6 Å². The second kappa shape index (κ2) is 6.06. The van der Waals surface area contributed by atoms with E-state index in [9.17, 15) is 4.79 Å². The quantitative estimate of drug-likeness (QED) is 0.919. The summed E-state index contributed by atoms with van der Waals surface area (Å²) in [6, 6.07) is 2.35. The van der Waals surface area contributed by atoms with Crippen molar-refractivity contribution in [2.75, 3.05) is 13.1 Å². The van der Waals surface area contributed by atoms with Crippen LogP contribution in [0.15, 0.2) is 6.07 Å². The van der Waals surface area contributed by atoms with Crippen LogP contribution in [-0.2, 0) is 4.79 Å². The Bertz CT molecular complexity index is 449. The van der Waals surface area contributed by atoms with Gasteiger partial charge in [0.2, 0.25) is 5.91 Å². The van der Waals surface area contributed by atoms with Gasteiger partial charge in [-0.2, -0.15) is 0 Å². The second-order valence-electron chi connectivity index (χ2n) is 5.51. The number of carbonyl (C=O) groups excluding carboxylic acids is 1. The number of thiophene rings is 1. The number of nitrogens with one attached hydrogen (secondary N) is 1. The van der Waals surface area contributed by atoms with Gasteiger partial charge in [0.05, 0.1) is 6.04 Å². The van der Waals surface area contributed by atoms with Crippen LogP contribution in [0.5, 0.6) is 0 Å². The molecule has 0 radical (unpaired) electrons. The summed E-state index contributed by atoms with van der Waals surface area (Å²) in [5, 5.41) is 3.44. The Morgan fingerprint density at radius 3 is 2.47 bits per heavy atom. The van der Waals surface area contributed by atoms with E-state index >= 15 is 0 Å². The van der Waals surface area contributed by atoms with Crippen LogP contribution in [0.25, 0.3) is 0 Å². The largest absolute Gasteiger partial charge is 0.341 e. The molecule has 2 rings (SSSR count). The van der Waals surface area contributed by atoms with Gasteiger partial charge in [-0.1, -0.05) is 0 Å². The molecule has 2 unspecified atom stereocenters. The van der Waals surface area contributed by atoms with E-state index in [-0.39, 0.29) is 18.0 Å². The molecule has 0 saturated carbocycles. The van der Waals surface area contributed by atoms with E-state index in [1.54, 1.807) is 0 Å². The first-order valence-electron chi connectivity index (χ1n) is 7.11. The van der Waals surface area contributed by atoms with Gasteiger partial charge >= 0.3 is 0 Å². The van der Waals surface area contributed by atoms with Crippen molar-refractivity contribution in [1.29, 1.82) is 0 Å². The molecule has 1 aromatic heterocycles. The molecular formula is C15H24N2OS. The van der Waals surface area contributed by atoms with Crippen molar-refractivity contribution < 1.29 is 4.79 Å². The van der Waals surface area contributed by atoms with Crippen LogP contribution in [0.3, 0.4) is 0 Å². The molecule has 3 nitrogen and oxygen atoms in total. The van der Waals surface area contributed by atoms with Gasteiger partial charge in [-0.3, -0.25) is 10.1 Å². The number of likely N-dealkylation sites (tertiary alicyclic amines) is 1. The van der Waals surface area contributed by atoms with Gasteiger partial charge in [0.15, 0.2) is 0 Å². The van der Waals surface area contributed by atoms with Crippen molar-refractivity contribution in [2.24, 2.45) is 0 Å². The lowest BCUT2D eigenvalue weighted by molar-refractivity contribution is -0.132. The molecular weight excluding hydrogens is 256 g/mol. The Morgan fingerprint density at radius 2 is 1.95 bits per heavy atom. The highest BCUT2D eigenvalue weighted by molar-refractivity contribution is 7.12. The molecule has 2 heterocycles. The Labute approximate surface area is 120 Å². The number of amides is 1. The molecule has 1 aromatic rings. The van der Waals surface area contributed by atoms with Gasteiger partial charge in [-0.05, 0) is 52.2 Å². The first kappa shape index (κ1) is 14.5. The predicted octanol–water partition coefficient (Wildman–Crippen LogP) is 3.03. The maximum atomic E-state index is 12.3. The summed E-state index contributed by atoms with van der Waals surface area (Å²) >= 11 is 1.82. The summed E-state index contributed by atoms with van der Waals surface area (Å²) in [6.07, 6.45) is 2.30. The highest BCUT2D eigenvalue weighted by Crippen LogP contribution is 2.26. The van der Waals surface area contributed by atoms with Crippen molar-refractivity contribution >= 4 is 17.2 Å². The molecule has 0 aliphatic carbocycles. The minimum absolute atomic E-state index is 0.104. The fourth-order valence-electron chi connectivity index (χ4n) is 2.83. The van der Waals surface area contributed by atoms with E-state index in [1.807, 2.05) is 23.2 Å². The molecule has 1 fully saturated rings. The third-order valence-electron chi connectivity index (χ3n) is 3.83. The van der Waals surface area contributed by atoms with Crippen LogP contribution in [0, 0.1) is 13.8 Å². The van der Waals surface area contributed by atoms with Gasteiger partial charge < -0.3 is 4.90 Å². The molecule has 2 atom stereocenters. The fourth-order valence-corrected chi connectivity index (χ4v) is 3.85. The molecule has 1 amide bonds. The van der Waals surface area contributed by atoms with E-state index < -0.39 is 0 Å². The zero-order valence-electron chi connectivity index (χ0n) is 12.3. The van der Waals surface area contributed by atoms with Gasteiger partial charge in [0, 0.05) is 28.9 Å². The Kier molecular flexibility index (Phi) is 4.63. The number of hydrogen-bond donors (Lipinski definition) is 1. The highest BCUT2D eigenvalue weighted by Gasteiger charge is 2.24. The number of carbonyl (C=O) groups is 1. The molecule has 1 aliphatic heterocycles. The van der Waals surface area contributed by atoms with Gasteiger partial charge in [0.25, 0.3) is 0 Å². The third kappa shape index (κ3) is 3.37. The molecule has 1 aliphatic rings. The first-order valence-corrected chi connectivity index (χ1v) is 7.92. The summed E-state index contributed by atoms with van der Waals surface area (Å²) in [7, 11) is 0. The SMILES string of the molecule is Cc1cc(C(C)NC(C)C(=O)N2CCCC2)c(C)s1. The molecule has 1 N–H and O–H groups in total. The van der Waals surface area contributed by atoms with Gasteiger partial charge in [-0.15, -0.1) is 11.3 Å². The zero-order chi connectivity index (χ0) is 14.0. The van der Waals surface area contributed by atoms with Gasteiger partial charge in [-0.25, -0.2) is 0 Å². The van der Waals surface area contributed by atoms with E-state index in [2.05, 4.69) is 32.2 Å². The molecule has 4 heteroatoms. The topological polar surface area (TPSA) is 32.3 Å². The summed E-state index contributed by atoms with van der Waals surface area (Å²) < 4.78 is 0. The lowest BCUT2D eigenvalue weighted by Crippen LogP contribution is -2.44. The summed E-state index contributed by atoms with van der Waals surface area (Å²) in [4.78, 5) is 16.9. The van der Waals surface area contributed by atoms with E-state index in [0.717, 1.165) is 25.9 Å². The Morgan fingerprint density at radius 1 is 1.32 bits per heavy atom. The van der Waals surface area contributed by atoms with Crippen LogP contribution in [0.1, 0.15) is 48.0 Å². The Balaban J connectivity index is 1.96. The molecule has 0 spiro atoms. The average Bonchev–Trinajstić information content (AvgIpc) is 2.97. The van der Waals surface area contributed by atoms with Crippen LogP contribution in [0.4, 0.5) is 0 Å². The number of aryl methyl sites for hydroxylation is 2. The summed E-state index contributed by atoms with van der Waals surface area (Å²) in [5.74, 6) is 0.244. The lowest BCUT2D eigenvalue weighted by atomic mass is 10.1. The van der Waals surface area contributed by atoms with Crippen LogP contribution in [-0.4, -0.2) is 29.9 Å². The average molecular weight is 280 g/mol. The minimum Gasteiger partial charge on any atom is -0.341 e. The molecule has 0 aromatic carbocycles. The van der Waals surface area contributed by atoms with Crippen molar-refractivity contribution in [3.05, 3.63) is 21.4 Å². The minimum atomic E-state index is -0.104. The normalized spacial score (nSPS) is 18.6. The van der Waals surface area contributed by atoms with Crippen LogP contribution >= 0.6 is 11.3 Å². The molecule has 106 valence electrons. The van der Waals surface area contributed by atoms with Crippen molar-refractivity contribution in [3.8, 4) is 0 Å². The first-order chi connectivity index (χ1) is 8.99. The summed E-state index contributed by atoms with van der Waals surface area (Å²) in [5.41, 5.74) is 1.32. The standard InChI is InChI=1S/C15H24N2OS/c1-10-9-14(13(4)19-10)11(2)16-12(3)15(18)17-7-5-6-8-17/h9,11-12,16H,5-8H2,1-4H3. The second-order valence-corrected chi connectivity index (χ2v) is 6.97. The molecule has 19 heavy (non-hydrogen) atoms. The molecule has 0 bridgehead atoms. The van der Waals surface area contributed by atoms with Gasteiger partial charge in [0.1, 0.15) is 0 Å². The number of nitrogens with zero attached hydrogens (tertiary/aromatic N) is 1. The predicted molar refractivity (Wildman–Crippen MR) is 80.6 cm³/mol. The lowest BCUT2D eigenvalue weighted by Gasteiger charge is -2.24. The van der Waals surface area contributed by atoms with Crippen LogP contribution in [0.2, 0.25) is 0 Å². The number of hydrogen-bond acceptors (Lipinski definition) is 3. The molecule has 1 saturated heterocycles. The fraction of sp³-hybridized carbons (Fsp3) is 0.667. The van der Waals surface area contributed by atoms with E-state index in [1.165, 1.54) is 15.3 Å². The maximum absolute atomic E-state index is 12.3. The van der Waals surface area contributed by atoms with Crippen molar-refractivity contribution in [1.82, 2.24) is 10.2 Å². The van der Waals surface area contributed by atoms with Crippen LogP contribution < -0.4 is 5.32 Å². The summed E-state index contributed by atoms with van der Waals surface area (Å²) in [6.45, 7) is 10.3. The van der Waals surface area contributed by atoms with E-state index in [0.29, 0.717) is 0 Å². The number of rotatable bonds is 4. The van der Waals surface area contributed by atoms with E-state index in [4.69, 9.17) is 0 Å².